The quantitative estimate of drug-likeness (QED) is 0.296. The second-order valence-corrected chi connectivity index (χ2v) is 7.41. The Morgan fingerprint density at radius 2 is 1.69 bits per heavy atom. The second kappa shape index (κ2) is 12.5. The van der Waals surface area contributed by atoms with Crippen molar-refractivity contribution in [1.82, 2.24) is 16.0 Å². The maximum Gasteiger partial charge on any atom is 0.326 e. The van der Waals surface area contributed by atoms with E-state index < -0.39 is 41.8 Å². The first-order chi connectivity index (χ1) is 12.1. The molecule has 0 aliphatic heterocycles. The Morgan fingerprint density at radius 1 is 1.08 bits per heavy atom. The standard InChI is InChI=1S/C16H30N4O5S/c1-9(2)7-12(16(24)25)20-13(21)8-18-14(22)10(3)19-15(23)11(17)5-6-26-4/h9-12H,5-8,17H2,1-4H3,(H,18,22)(H,19,23)(H,20,21)(H,24,25). The third-order valence-electron chi connectivity index (χ3n) is 3.49. The van der Waals surface area contributed by atoms with Crippen LogP contribution in [0.4, 0.5) is 0 Å². The van der Waals surface area contributed by atoms with Gasteiger partial charge in [-0.2, -0.15) is 11.8 Å². The van der Waals surface area contributed by atoms with Crippen molar-refractivity contribution in [3.05, 3.63) is 0 Å². The van der Waals surface area contributed by atoms with Crippen LogP contribution in [-0.4, -0.2) is 65.5 Å². The van der Waals surface area contributed by atoms with Crippen molar-refractivity contribution in [1.29, 1.82) is 0 Å². The summed E-state index contributed by atoms with van der Waals surface area (Å²) in [6.45, 7) is 4.79. The molecule has 0 saturated carbocycles. The van der Waals surface area contributed by atoms with Gasteiger partial charge in [0.15, 0.2) is 0 Å². The lowest BCUT2D eigenvalue weighted by Crippen LogP contribution is -2.52. The summed E-state index contributed by atoms with van der Waals surface area (Å²) in [5.41, 5.74) is 5.72. The number of carboxylic acid groups (broad SMARTS) is 1. The lowest BCUT2D eigenvalue weighted by atomic mass is 10.0. The molecule has 0 heterocycles. The van der Waals surface area contributed by atoms with Crippen LogP contribution in [0.5, 0.6) is 0 Å². The van der Waals surface area contributed by atoms with Crippen molar-refractivity contribution in [2.24, 2.45) is 11.7 Å². The molecule has 3 amide bonds. The molecule has 0 aromatic heterocycles. The van der Waals surface area contributed by atoms with Crippen molar-refractivity contribution in [2.75, 3.05) is 18.6 Å². The molecule has 0 aromatic carbocycles. The minimum Gasteiger partial charge on any atom is -0.480 e. The molecule has 0 fully saturated rings. The van der Waals surface area contributed by atoms with Gasteiger partial charge in [0.05, 0.1) is 12.6 Å². The van der Waals surface area contributed by atoms with E-state index in [-0.39, 0.29) is 18.9 Å². The number of carbonyl (C=O) groups is 4. The molecule has 3 unspecified atom stereocenters. The summed E-state index contributed by atoms with van der Waals surface area (Å²) in [6, 6.07) is -2.57. The van der Waals surface area contributed by atoms with Crippen LogP contribution in [-0.2, 0) is 19.2 Å². The van der Waals surface area contributed by atoms with Gasteiger partial charge in [-0.05, 0) is 37.7 Å². The SMILES string of the molecule is CSCCC(N)C(=O)NC(C)C(=O)NCC(=O)NC(CC(C)C)C(=O)O. The van der Waals surface area contributed by atoms with Crippen LogP contribution >= 0.6 is 11.8 Å². The van der Waals surface area contributed by atoms with Gasteiger partial charge in [0.1, 0.15) is 12.1 Å². The smallest absolute Gasteiger partial charge is 0.326 e. The minimum absolute atomic E-state index is 0.0940. The highest BCUT2D eigenvalue weighted by Crippen LogP contribution is 2.04. The molecule has 0 spiro atoms. The summed E-state index contributed by atoms with van der Waals surface area (Å²) in [5.74, 6) is -1.90. The maximum absolute atomic E-state index is 11.9. The van der Waals surface area contributed by atoms with Gasteiger partial charge in [0.2, 0.25) is 17.7 Å². The Kier molecular flexibility index (Phi) is 11.7. The number of hydrogen-bond acceptors (Lipinski definition) is 6. The Morgan fingerprint density at radius 3 is 2.19 bits per heavy atom. The van der Waals surface area contributed by atoms with E-state index in [2.05, 4.69) is 16.0 Å². The Labute approximate surface area is 158 Å². The highest BCUT2D eigenvalue weighted by Gasteiger charge is 2.23. The van der Waals surface area contributed by atoms with Gasteiger partial charge in [-0.25, -0.2) is 4.79 Å². The normalized spacial score (nSPS) is 14.2. The van der Waals surface area contributed by atoms with Crippen LogP contribution in [0.1, 0.15) is 33.6 Å². The summed E-state index contributed by atoms with van der Waals surface area (Å²) >= 11 is 1.57. The van der Waals surface area contributed by atoms with Crippen molar-refractivity contribution < 1.29 is 24.3 Å². The number of nitrogens with two attached hydrogens (primary N) is 1. The average molecular weight is 391 g/mol. The Balaban J connectivity index is 4.35. The molecule has 26 heavy (non-hydrogen) atoms. The van der Waals surface area contributed by atoms with Gasteiger partial charge in [0, 0.05) is 0 Å². The minimum atomic E-state index is -1.13. The molecule has 0 aliphatic rings. The Bertz CT molecular complexity index is 501. The van der Waals surface area contributed by atoms with Gasteiger partial charge in [-0.1, -0.05) is 13.8 Å². The van der Waals surface area contributed by atoms with Crippen LogP contribution in [0.25, 0.3) is 0 Å². The zero-order valence-electron chi connectivity index (χ0n) is 15.7. The number of hydrogen-bond donors (Lipinski definition) is 5. The van der Waals surface area contributed by atoms with Crippen molar-refractivity contribution in [3.8, 4) is 0 Å². The van der Waals surface area contributed by atoms with Gasteiger partial charge in [0.25, 0.3) is 0 Å². The first-order valence-corrected chi connectivity index (χ1v) is 9.82. The van der Waals surface area contributed by atoms with Crippen molar-refractivity contribution in [3.63, 3.8) is 0 Å². The number of aliphatic carboxylic acids is 1. The van der Waals surface area contributed by atoms with Crippen molar-refractivity contribution in [2.45, 2.75) is 51.7 Å². The zero-order chi connectivity index (χ0) is 20.3. The highest BCUT2D eigenvalue weighted by atomic mass is 32.2. The topological polar surface area (TPSA) is 151 Å². The summed E-state index contributed by atoms with van der Waals surface area (Å²) in [4.78, 5) is 46.7. The fourth-order valence-corrected chi connectivity index (χ4v) is 2.51. The summed E-state index contributed by atoms with van der Waals surface area (Å²) in [5, 5.41) is 16.3. The third-order valence-corrected chi connectivity index (χ3v) is 4.13. The summed E-state index contributed by atoms with van der Waals surface area (Å²) < 4.78 is 0. The number of carbonyl (C=O) groups excluding carboxylic acids is 3. The van der Waals surface area contributed by atoms with Gasteiger partial charge in [-0.3, -0.25) is 14.4 Å². The fourth-order valence-electron chi connectivity index (χ4n) is 2.02. The molecule has 6 N–H and O–H groups in total. The van der Waals surface area contributed by atoms with Crippen LogP contribution in [0.3, 0.4) is 0 Å². The van der Waals surface area contributed by atoms with Crippen molar-refractivity contribution >= 4 is 35.5 Å². The van der Waals surface area contributed by atoms with Crippen LogP contribution in [0.15, 0.2) is 0 Å². The monoisotopic (exact) mass is 390 g/mol. The first kappa shape index (κ1) is 24.2. The predicted molar refractivity (Wildman–Crippen MR) is 101 cm³/mol. The molecule has 10 heteroatoms. The molecule has 0 radical (unpaired) electrons. The number of rotatable bonds is 12. The molecule has 3 atom stereocenters. The van der Waals surface area contributed by atoms with E-state index in [9.17, 15) is 19.2 Å². The zero-order valence-corrected chi connectivity index (χ0v) is 16.5. The van der Waals surface area contributed by atoms with Gasteiger partial charge in [-0.15, -0.1) is 0 Å². The third kappa shape index (κ3) is 10.2. The molecule has 0 aromatic rings. The number of amides is 3. The van der Waals surface area contributed by atoms with E-state index in [0.717, 1.165) is 5.75 Å². The first-order valence-electron chi connectivity index (χ1n) is 8.43. The average Bonchev–Trinajstić information content (AvgIpc) is 2.56. The Hall–Kier alpha value is -1.81. The second-order valence-electron chi connectivity index (χ2n) is 6.42. The fraction of sp³-hybridized carbons (Fsp3) is 0.750. The molecule has 0 bridgehead atoms. The van der Waals surface area contributed by atoms with E-state index in [0.29, 0.717) is 6.42 Å². The van der Waals surface area contributed by atoms with Crippen LogP contribution < -0.4 is 21.7 Å². The van der Waals surface area contributed by atoms with Gasteiger partial charge < -0.3 is 26.8 Å². The lowest BCUT2D eigenvalue weighted by molar-refractivity contribution is -0.142. The summed E-state index contributed by atoms with van der Waals surface area (Å²) in [6.07, 6.45) is 2.69. The predicted octanol–water partition coefficient (Wildman–Crippen LogP) is -0.697. The number of nitrogens with one attached hydrogen (secondary N) is 3. The molecule has 0 saturated heterocycles. The van der Waals surface area contributed by atoms with Crippen LogP contribution in [0, 0.1) is 5.92 Å². The maximum atomic E-state index is 11.9. The van der Waals surface area contributed by atoms with E-state index in [1.54, 1.807) is 11.8 Å². The van der Waals surface area contributed by atoms with E-state index in [1.807, 2.05) is 20.1 Å². The molecule has 0 aliphatic carbocycles. The molecular formula is C16H30N4O5S. The van der Waals surface area contributed by atoms with E-state index >= 15 is 0 Å². The molecule has 9 nitrogen and oxygen atoms in total. The van der Waals surface area contributed by atoms with Gasteiger partial charge >= 0.3 is 5.97 Å². The molecule has 150 valence electrons. The van der Waals surface area contributed by atoms with E-state index in [4.69, 9.17) is 10.8 Å². The number of carboxylic acids is 1. The van der Waals surface area contributed by atoms with E-state index in [1.165, 1.54) is 6.92 Å². The largest absolute Gasteiger partial charge is 0.480 e. The highest BCUT2D eigenvalue weighted by molar-refractivity contribution is 7.98. The molecule has 0 rings (SSSR count). The molecular weight excluding hydrogens is 360 g/mol. The number of thioether (sulfide) groups is 1. The summed E-state index contributed by atoms with van der Waals surface area (Å²) in [7, 11) is 0. The van der Waals surface area contributed by atoms with Crippen LogP contribution in [0.2, 0.25) is 0 Å². The lowest BCUT2D eigenvalue weighted by Gasteiger charge is -2.18.